The van der Waals surface area contributed by atoms with E-state index in [1.54, 1.807) is 6.07 Å². The van der Waals surface area contributed by atoms with Gasteiger partial charge in [-0.05, 0) is 65.5 Å². The summed E-state index contributed by atoms with van der Waals surface area (Å²) in [6.07, 6.45) is 3.43. The molecule has 6 nitrogen and oxygen atoms in total. The fourth-order valence-corrected chi connectivity index (χ4v) is 2.76. The fourth-order valence-electron chi connectivity index (χ4n) is 2.45. The smallest absolute Gasteiger partial charge is 0.374 e. The molecule has 1 aromatic rings. The number of nitrogens with zero attached hydrogens (tertiary/aromatic N) is 3. The van der Waals surface area contributed by atoms with Crippen molar-refractivity contribution in [2.45, 2.75) is 45.3 Å². The van der Waals surface area contributed by atoms with Gasteiger partial charge in [-0.25, -0.2) is 0 Å². The van der Waals surface area contributed by atoms with Crippen molar-refractivity contribution in [3.05, 3.63) is 26.9 Å². The van der Waals surface area contributed by atoms with Crippen LogP contribution in [0.15, 0.2) is 16.7 Å². The first kappa shape index (κ1) is 16.2. The monoisotopic (exact) mass is 357 g/mol. The van der Waals surface area contributed by atoms with Crippen molar-refractivity contribution in [1.29, 1.82) is 0 Å². The third-order valence-electron chi connectivity index (χ3n) is 3.38. The Morgan fingerprint density at radius 3 is 2.90 bits per heavy atom. The van der Waals surface area contributed by atoms with Gasteiger partial charge in [0, 0.05) is 6.54 Å². The summed E-state index contributed by atoms with van der Waals surface area (Å²) in [5.74, 6) is -0.0964. The lowest BCUT2D eigenvalue weighted by Crippen LogP contribution is -2.36. The van der Waals surface area contributed by atoms with Crippen LogP contribution in [-0.2, 0) is 4.74 Å². The van der Waals surface area contributed by atoms with Crippen molar-refractivity contribution in [2.24, 2.45) is 0 Å². The molecule has 0 unspecified atom stereocenters. The van der Waals surface area contributed by atoms with E-state index in [0.717, 1.165) is 23.9 Å². The number of hydrogen-bond donors (Lipinski definition) is 0. The third-order valence-corrected chi connectivity index (χ3v) is 3.82. The zero-order valence-corrected chi connectivity index (χ0v) is 14.1. The molecule has 0 aliphatic carbocycles. The molecule has 1 aliphatic heterocycles. The van der Waals surface area contributed by atoms with Crippen LogP contribution in [0.2, 0.25) is 0 Å². The minimum Gasteiger partial charge on any atom is -0.374 e. The van der Waals surface area contributed by atoms with Crippen LogP contribution in [0.3, 0.4) is 0 Å². The summed E-state index contributed by atoms with van der Waals surface area (Å²) in [6, 6.07) is 1.92. The number of halogens is 1. The molecular formula is C14H20BrN3O3. The molecule has 0 amide bonds. The van der Waals surface area contributed by atoms with Crippen LogP contribution < -0.4 is 4.90 Å². The van der Waals surface area contributed by atoms with Crippen LogP contribution in [0.4, 0.5) is 11.5 Å². The molecule has 2 rings (SSSR count). The van der Waals surface area contributed by atoms with Crippen LogP contribution in [-0.4, -0.2) is 34.7 Å². The van der Waals surface area contributed by atoms with Gasteiger partial charge in [0.15, 0.2) is 6.20 Å². The molecule has 0 radical (unpaired) electrons. The highest BCUT2D eigenvalue weighted by atomic mass is 79.9. The maximum absolute atomic E-state index is 11.2. The Kier molecular flexibility index (Phi) is 4.83. The molecule has 0 N–H and O–H groups in total. The van der Waals surface area contributed by atoms with Gasteiger partial charge in [-0.15, -0.1) is 0 Å². The molecule has 0 saturated carbocycles. The van der Waals surface area contributed by atoms with Gasteiger partial charge < -0.3 is 19.8 Å². The van der Waals surface area contributed by atoms with Crippen molar-refractivity contribution < 1.29 is 9.66 Å². The summed E-state index contributed by atoms with van der Waals surface area (Å²) in [7, 11) is 0. The first-order valence-electron chi connectivity index (χ1n) is 6.98. The van der Waals surface area contributed by atoms with Gasteiger partial charge in [0.1, 0.15) is 5.69 Å². The molecule has 0 spiro atoms. The highest BCUT2D eigenvalue weighted by Crippen LogP contribution is 2.34. The van der Waals surface area contributed by atoms with Crippen molar-refractivity contribution in [2.75, 3.05) is 18.1 Å². The predicted molar refractivity (Wildman–Crippen MR) is 84.7 cm³/mol. The van der Waals surface area contributed by atoms with Crippen molar-refractivity contribution in [3.8, 4) is 0 Å². The third kappa shape index (κ3) is 4.14. The maximum Gasteiger partial charge on any atom is 0.387 e. The van der Waals surface area contributed by atoms with Crippen LogP contribution >= 0.6 is 15.9 Å². The molecule has 116 valence electrons. The van der Waals surface area contributed by atoms with Gasteiger partial charge in [0.2, 0.25) is 0 Å². The van der Waals surface area contributed by atoms with Crippen LogP contribution in [0, 0.1) is 10.1 Å². The summed E-state index contributed by atoms with van der Waals surface area (Å²) in [4.78, 5) is 16.7. The highest BCUT2D eigenvalue weighted by Gasteiger charge is 2.31. The van der Waals surface area contributed by atoms with Crippen LogP contribution in [0.25, 0.3) is 0 Å². The van der Waals surface area contributed by atoms with E-state index in [-0.39, 0.29) is 17.5 Å². The van der Waals surface area contributed by atoms with E-state index in [4.69, 9.17) is 4.74 Å². The van der Waals surface area contributed by atoms with E-state index in [1.165, 1.54) is 6.20 Å². The lowest BCUT2D eigenvalue weighted by atomic mass is 10.1. The van der Waals surface area contributed by atoms with E-state index in [0.29, 0.717) is 12.3 Å². The average molecular weight is 358 g/mol. The molecule has 1 aliphatic rings. The second kappa shape index (κ2) is 6.27. The minimum absolute atomic E-state index is 0.0964. The Morgan fingerprint density at radius 1 is 1.57 bits per heavy atom. The van der Waals surface area contributed by atoms with E-state index < -0.39 is 4.92 Å². The van der Waals surface area contributed by atoms with E-state index in [1.807, 2.05) is 25.7 Å². The van der Waals surface area contributed by atoms with E-state index >= 15 is 0 Å². The van der Waals surface area contributed by atoms with Crippen molar-refractivity contribution in [1.82, 2.24) is 4.98 Å². The second-order valence-electron chi connectivity index (χ2n) is 6.17. The molecule has 1 saturated heterocycles. The number of ether oxygens (including phenoxy) is 1. The van der Waals surface area contributed by atoms with Gasteiger partial charge in [0.05, 0.1) is 22.7 Å². The zero-order valence-electron chi connectivity index (χ0n) is 12.5. The number of hydrogen-bond acceptors (Lipinski definition) is 5. The molecule has 1 atom stereocenters. The second-order valence-corrected chi connectivity index (χ2v) is 7.08. The van der Waals surface area contributed by atoms with E-state index in [2.05, 4.69) is 20.9 Å². The predicted octanol–water partition coefficient (Wildman–Crippen LogP) is 3.54. The minimum atomic E-state index is -0.429. The SMILES string of the molecule is CC(C)(C)OC[C@H]1CCCN1c1cc(Br)cnc1[N+](=O)[O-]. The van der Waals surface area contributed by atoms with Crippen LogP contribution in [0.1, 0.15) is 33.6 Å². The lowest BCUT2D eigenvalue weighted by Gasteiger charge is -2.29. The molecule has 1 fully saturated rings. The zero-order chi connectivity index (χ0) is 15.6. The Labute approximate surface area is 132 Å². The Bertz CT molecular complexity index is 531. The Hall–Kier alpha value is -1.21. The Morgan fingerprint density at radius 2 is 2.29 bits per heavy atom. The summed E-state index contributed by atoms with van der Waals surface area (Å²) in [5, 5.41) is 11.2. The largest absolute Gasteiger partial charge is 0.387 e. The number of rotatable bonds is 4. The molecule has 7 heteroatoms. The van der Waals surface area contributed by atoms with Crippen molar-refractivity contribution in [3.63, 3.8) is 0 Å². The highest BCUT2D eigenvalue weighted by molar-refractivity contribution is 9.10. The Balaban J connectivity index is 2.23. The lowest BCUT2D eigenvalue weighted by molar-refractivity contribution is -0.388. The summed E-state index contributed by atoms with van der Waals surface area (Å²) >= 11 is 3.34. The average Bonchev–Trinajstić information content (AvgIpc) is 2.83. The standard InChI is InChI=1S/C14H20BrN3O3/c1-14(2,3)21-9-11-5-4-6-17(11)12-7-10(15)8-16-13(12)18(19)20/h7-8,11H,4-6,9H2,1-3H3/t11-/m1/s1. The number of anilines is 1. The molecule has 2 heterocycles. The topological polar surface area (TPSA) is 68.5 Å². The molecular weight excluding hydrogens is 338 g/mol. The van der Waals surface area contributed by atoms with Gasteiger partial charge in [-0.2, -0.15) is 0 Å². The molecule has 1 aromatic heterocycles. The van der Waals surface area contributed by atoms with Gasteiger partial charge in [0.25, 0.3) is 0 Å². The molecule has 0 bridgehead atoms. The number of pyridine rings is 1. The first-order chi connectivity index (χ1) is 9.78. The van der Waals surface area contributed by atoms with Gasteiger partial charge >= 0.3 is 5.82 Å². The quantitative estimate of drug-likeness (QED) is 0.608. The summed E-state index contributed by atoms with van der Waals surface area (Å²) in [5.41, 5.74) is 0.352. The fraction of sp³-hybridized carbons (Fsp3) is 0.643. The summed E-state index contributed by atoms with van der Waals surface area (Å²) < 4.78 is 6.59. The summed E-state index contributed by atoms with van der Waals surface area (Å²) in [6.45, 7) is 7.38. The van der Waals surface area contributed by atoms with Gasteiger partial charge in [-0.1, -0.05) is 0 Å². The number of aromatic nitrogens is 1. The maximum atomic E-state index is 11.2. The van der Waals surface area contributed by atoms with Gasteiger partial charge in [-0.3, -0.25) is 0 Å². The van der Waals surface area contributed by atoms with Crippen molar-refractivity contribution >= 4 is 27.4 Å². The molecule has 21 heavy (non-hydrogen) atoms. The molecule has 0 aromatic carbocycles. The first-order valence-corrected chi connectivity index (χ1v) is 7.78. The van der Waals surface area contributed by atoms with Crippen LogP contribution in [0.5, 0.6) is 0 Å². The normalized spacial score (nSPS) is 19.0. The number of nitro groups is 1. The van der Waals surface area contributed by atoms with E-state index in [9.17, 15) is 10.1 Å².